The van der Waals surface area contributed by atoms with Crippen molar-refractivity contribution in [3.8, 4) is 0 Å². The van der Waals surface area contributed by atoms with Crippen molar-refractivity contribution in [3.63, 3.8) is 0 Å². The van der Waals surface area contributed by atoms with Gasteiger partial charge in [-0.05, 0) is 0 Å². The average Bonchev–Trinajstić information content (AvgIpc) is 2.52. The second kappa shape index (κ2) is 4.20. The standard InChI is InChI=1S/C6H8BrN3O2/c1-2-5-9-10-6(12-5)8-4(11)3-7/h2-3H2,1H3,(H,8,10,11). The summed E-state index contributed by atoms with van der Waals surface area (Å²) in [4.78, 5) is 10.8. The molecule has 0 fully saturated rings. The fourth-order valence-corrected chi connectivity index (χ4v) is 0.740. The number of aryl methyl sites for hydroxylation is 1. The summed E-state index contributed by atoms with van der Waals surface area (Å²) in [6.45, 7) is 1.89. The highest BCUT2D eigenvalue weighted by Crippen LogP contribution is 2.05. The third-order valence-electron chi connectivity index (χ3n) is 1.14. The Balaban J connectivity index is 2.58. The zero-order valence-electron chi connectivity index (χ0n) is 6.50. The number of nitrogens with one attached hydrogen (secondary N) is 1. The predicted octanol–water partition coefficient (Wildman–Crippen LogP) is 0.965. The van der Waals surface area contributed by atoms with E-state index < -0.39 is 0 Å². The monoisotopic (exact) mass is 233 g/mol. The van der Waals surface area contributed by atoms with E-state index in [2.05, 4.69) is 31.4 Å². The Morgan fingerprint density at radius 3 is 2.92 bits per heavy atom. The second-order valence-electron chi connectivity index (χ2n) is 2.04. The number of rotatable bonds is 3. The fourth-order valence-electron chi connectivity index (χ4n) is 0.600. The van der Waals surface area contributed by atoms with Crippen molar-refractivity contribution in [3.05, 3.63) is 5.89 Å². The Bertz CT molecular complexity index is 274. The SMILES string of the molecule is CCc1nnc(NC(=O)CBr)o1. The molecular formula is C6H8BrN3O2. The number of anilines is 1. The van der Waals surface area contributed by atoms with E-state index >= 15 is 0 Å². The molecule has 0 aliphatic carbocycles. The van der Waals surface area contributed by atoms with Crippen molar-refractivity contribution in [1.82, 2.24) is 10.2 Å². The van der Waals surface area contributed by atoms with Crippen molar-refractivity contribution in [2.24, 2.45) is 0 Å². The third kappa shape index (κ3) is 2.30. The van der Waals surface area contributed by atoms with Crippen LogP contribution in [0.4, 0.5) is 6.01 Å². The predicted molar refractivity (Wildman–Crippen MR) is 46.1 cm³/mol. The molecule has 0 saturated heterocycles. The van der Waals surface area contributed by atoms with Gasteiger partial charge in [0.05, 0.1) is 5.33 Å². The molecule has 12 heavy (non-hydrogen) atoms. The summed E-state index contributed by atoms with van der Waals surface area (Å²) >= 11 is 2.99. The highest BCUT2D eigenvalue weighted by molar-refractivity contribution is 9.09. The highest BCUT2D eigenvalue weighted by Gasteiger charge is 2.06. The molecule has 1 aromatic rings. The molecule has 1 heterocycles. The summed E-state index contributed by atoms with van der Waals surface area (Å²) in [5.41, 5.74) is 0. The summed E-state index contributed by atoms with van der Waals surface area (Å²) in [7, 11) is 0. The smallest absolute Gasteiger partial charge is 0.322 e. The lowest BCUT2D eigenvalue weighted by Crippen LogP contribution is -2.12. The quantitative estimate of drug-likeness (QED) is 0.791. The summed E-state index contributed by atoms with van der Waals surface area (Å²) in [6.07, 6.45) is 0.664. The Kier molecular flexibility index (Phi) is 3.21. The minimum atomic E-state index is -0.207. The second-order valence-corrected chi connectivity index (χ2v) is 2.60. The van der Waals surface area contributed by atoms with Gasteiger partial charge in [0, 0.05) is 6.42 Å². The van der Waals surface area contributed by atoms with E-state index in [-0.39, 0.29) is 17.3 Å². The molecule has 0 radical (unpaired) electrons. The van der Waals surface area contributed by atoms with Crippen LogP contribution in [0.1, 0.15) is 12.8 Å². The number of carbonyl (C=O) groups is 1. The number of amides is 1. The van der Waals surface area contributed by atoms with Crippen molar-refractivity contribution >= 4 is 27.9 Å². The average molecular weight is 234 g/mol. The van der Waals surface area contributed by atoms with Gasteiger partial charge in [0.1, 0.15) is 0 Å². The van der Waals surface area contributed by atoms with Gasteiger partial charge >= 0.3 is 6.01 Å². The van der Waals surface area contributed by atoms with Crippen LogP contribution < -0.4 is 5.32 Å². The van der Waals surface area contributed by atoms with Crippen LogP contribution >= 0.6 is 15.9 Å². The lowest BCUT2D eigenvalue weighted by Gasteiger charge is -1.92. The van der Waals surface area contributed by atoms with Gasteiger partial charge in [-0.15, -0.1) is 5.10 Å². The molecule has 1 amide bonds. The molecule has 0 aromatic carbocycles. The lowest BCUT2D eigenvalue weighted by molar-refractivity contribution is -0.113. The number of hydrogen-bond donors (Lipinski definition) is 1. The zero-order valence-corrected chi connectivity index (χ0v) is 8.09. The first-order valence-corrected chi connectivity index (χ1v) is 4.56. The van der Waals surface area contributed by atoms with Gasteiger partial charge in [0.15, 0.2) is 0 Å². The van der Waals surface area contributed by atoms with Crippen molar-refractivity contribution in [2.45, 2.75) is 13.3 Å². The van der Waals surface area contributed by atoms with Gasteiger partial charge in [0.25, 0.3) is 0 Å². The number of halogens is 1. The lowest BCUT2D eigenvalue weighted by atomic mass is 10.5. The van der Waals surface area contributed by atoms with Crippen molar-refractivity contribution < 1.29 is 9.21 Å². The highest BCUT2D eigenvalue weighted by atomic mass is 79.9. The van der Waals surface area contributed by atoms with Gasteiger partial charge in [-0.25, -0.2) is 0 Å². The molecule has 0 spiro atoms. The summed E-state index contributed by atoms with van der Waals surface area (Å²) in [5, 5.41) is 9.92. The van der Waals surface area contributed by atoms with Crippen molar-refractivity contribution in [2.75, 3.05) is 10.6 Å². The Morgan fingerprint density at radius 1 is 1.67 bits per heavy atom. The molecule has 0 unspecified atom stereocenters. The van der Waals surface area contributed by atoms with Crippen molar-refractivity contribution in [1.29, 1.82) is 0 Å². The summed E-state index contributed by atoms with van der Waals surface area (Å²) in [6, 6.07) is 0.149. The first-order valence-electron chi connectivity index (χ1n) is 3.44. The Labute approximate surface area is 77.7 Å². The Morgan fingerprint density at radius 2 is 2.42 bits per heavy atom. The topological polar surface area (TPSA) is 68.0 Å². The molecular weight excluding hydrogens is 226 g/mol. The van der Waals surface area contributed by atoms with Crippen LogP contribution in [0.25, 0.3) is 0 Å². The molecule has 0 saturated carbocycles. The van der Waals surface area contributed by atoms with E-state index in [1.54, 1.807) is 0 Å². The van der Waals surface area contributed by atoms with Crippen LogP contribution in [0.2, 0.25) is 0 Å². The largest absolute Gasteiger partial charge is 0.408 e. The molecule has 1 N–H and O–H groups in total. The van der Waals surface area contributed by atoms with E-state index in [0.717, 1.165) is 0 Å². The minimum absolute atomic E-state index is 0.149. The maximum atomic E-state index is 10.8. The molecule has 0 aliphatic heterocycles. The first-order chi connectivity index (χ1) is 5.76. The van der Waals surface area contributed by atoms with E-state index in [4.69, 9.17) is 4.42 Å². The molecule has 66 valence electrons. The molecule has 1 rings (SSSR count). The summed E-state index contributed by atoms with van der Waals surface area (Å²) < 4.78 is 5.03. The number of carbonyl (C=O) groups excluding carboxylic acids is 1. The molecule has 5 nitrogen and oxygen atoms in total. The number of nitrogens with zero attached hydrogens (tertiary/aromatic N) is 2. The Hall–Kier alpha value is -0.910. The molecule has 6 heteroatoms. The first kappa shape index (κ1) is 9.18. The normalized spacial score (nSPS) is 9.83. The van der Waals surface area contributed by atoms with Gasteiger partial charge in [0.2, 0.25) is 11.8 Å². The van der Waals surface area contributed by atoms with Crippen LogP contribution in [0.15, 0.2) is 4.42 Å². The van der Waals surface area contributed by atoms with Crippen LogP contribution in [0, 0.1) is 0 Å². The van der Waals surface area contributed by atoms with Crippen LogP contribution in [-0.4, -0.2) is 21.4 Å². The minimum Gasteiger partial charge on any atom is -0.408 e. The molecule has 1 aromatic heterocycles. The molecule has 0 aliphatic rings. The number of aromatic nitrogens is 2. The van der Waals surface area contributed by atoms with Crippen LogP contribution in [-0.2, 0) is 11.2 Å². The maximum absolute atomic E-state index is 10.8. The van der Waals surface area contributed by atoms with E-state index in [9.17, 15) is 4.79 Å². The van der Waals surface area contributed by atoms with Crippen LogP contribution in [0.5, 0.6) is 0 Å². The third-order valence-corrected chi connectivity index (χ3v) is 1.65. The van der Waals surface area contributed by atoms with Gasteiger partial charge < -0.3 is 4.42 Å². The molecule has 0 bridgehead atoms. The van der Waals surface area contributed by atoms with E-state index in [1.807, 2.05) is 6.92 Å². The summed E-state index contributed by atoms with van der Waals surface area (Å²) in [5.74, 6) is 0.307. The van der Waals surface area contributed by atoms with E-state index in [1.165, 1.54) is 0 Å². The van der Waals surface area contributed by atoms with E-state index in [0.29, 0.717) is 12.3 Å². The zero-order chi connectivity index (χ0) is 8.97. The maximum Gasteiger partial charge on any atom is 0.322 e. The van der Waals surface area contributed by atoms with Gasteiger partial charge in [-0.3, -0.25) is 10.1 Å². The number of hydrogen-bond acceptors (Lipinski definition) is 4. The van der Waals surface area contributed by atoms with Gasteiger partial charge in [-0.1, -0.05) is 28.0 Å². The fraction of sp³-hybridized carbons (Fsp3) is 0.500. The molecule has 0 atom stereocenters. The van der Waals surface area contributed by atoms with Crippen LogP contribution in [0.3, 0.4) is 0 Å². The number of alkyl halides is 1. The van der Waals surface area contributed by atoms with Gasteiger partial charge in [-0.2, -0.15) is 0 Å².